The van der Waals surface area contributed by atoms with Gasteiger partial charge in [-0.1, -0.05) is 18.2 Å². The second-order valence-corrected chi connectivity index (χ2v) is 4.52. The molecule has 0 fully saturated rings. The second-order valence-electron chi connectivity index (χ2n) is 4.52. The van der Waals surface area contributed by atoms with Crippen molar-refractivity contribution in [3.63, 3.8) is 0 Å². The summed E-state index contributed by atoms with van der Waals surface area (Å²) in [5.74, 6) is -1.18. The lowest BCUT2D eigenvalue weighted by Gasteiger charge is -2.25. The van der Waals surface area contributed by atoms with Crippen LogP contribution in [0.15, 0.2) is 43.0 Å². The van der Waals surface area contributed by atoms with E-state index in [2.05, 4.69) is 10.1 Å². The molecule has 1 unspecified atom stereocenters. The van der Waals surface area contributed by atoms with Crippen molar-refractivity contribution in [1.29, 1.82) is 0 Å². The highest BCUT2D eigenvalue weighted by molar-refractivity contribution is 5.96. The number of nitrogens with zero attached hydrogens (tertiary/aromatic N) is 4. The van der Waals surface area contributed by atoms with Crippen LogP contribution >= 0.6 is 0 Å². The Hall–Kier alpha value is -2.70. The number of carboxylic acid groups (broad SMARTS) is 1. The SMILES string of the molecule is CC(C(=O)N(CCC(=O)O)c1ccccc1)n1cncn1. The van der Waals surface area contributed by atoms with E-state index in [1.807, 2.05) is 6.07 Å². The quantitative estimate of drug-likeness (QED) is 0.866. The molecule has 0 aliphatic heterocycles. The minimum Gasteiger partial charge on any atom is -0.481 e. The lowest BCUT2D eigenvalue weighted by molar-refractivity contribution is -0.136. The molecule has 1 N–H and O–H groups in total. The number of carboxylic acids is 1. The first-order valence-electron chi connectivity index (χ1n) is 6.52. The Kier molecular flexibility index (Phi) is 4.65. The van der Waals surface area contributed by atoms with Crippen molar-refractivity contribution in [1.82, 2.24) is 14.8 Å². The van der Waals surface area contributed by atoms with E-state index in [4.69, 9.17) is 5.11 Å². The smallest absolute Gasteiger partial charge is 0.305 e. The van der Waals surface area contributed by atoms with Crippen LogP contribution in [0, 0.1) is 0 Å². The number of hydrogen-bond donors (Lipinski definition) is 1. The van der Waals surface area contributed by atoms with Gasteiger partial charge in [-0.2, -0.15) is 5.10 Å². The van der Waals surface area contributed by atoms with Gasteiger partial charge in [-0.15, -0.1) is 0 Å². The molecule has 1 heterocycles. The van der Waals surface area contributed by atoms with Gasteiger partial charge in [0.15, 0.2) is 0 Å². The van der Waals surface area contributed by atoms with Gasteiger partial charge in [-0.05, 0) is 19.1 Å². The molecule has 1 atom stereocenters. The molecule has 110 valence electrons. The third-order valence-corrected chi connectivity index (χ3v) is 3.07. The van der Waals surface area contributed by atoms with Crippen LogP contribution in [-0.4, -0.2) is 38.3 Å². The van der Waals surface area contributed by atoms with Crippen LogP contribution in [0.25, 0.3) is 0 Å². The molecular weight excluding hydrogens is 272 g/mol. The molecule has 21 heavy (non-hydrogen) atoms. The van der Waals surface area contributed by atoms with Gasteiger partial charge >= 0.3 is 5.97 Å². The maximum atomic E-state index is 12.6. The molecule has 2 rings (SSSR count). The van der Waals surface area contributed by atoms with Crippen LogP contribution < -0.4 is 4.90 Å². The molecule has 7 heteroatoms. The number of carbonyl (C=O) groups excluding carboxylic acids is 1. The molecule has 2 aromatic rings. The van der Waals surface area contributed by atoms with E-state index in [0.717, 1.165) is 0 Å². The zero-order valence-corrected chi connectivity index (χ0v) is 11.6. The third kappa shape index (κ3) is 3.65. The molecule has 0 aliphatic carbocycles. The first-order valence-corrected chi connectivity index (χ1v) is 6.52. The van der Waals surface area contributed by atoms with Gasteiger partial charge in [0.1, 0.15) is 18.7 Å². The lowest BCUT2D eigenvalue weighted by Crippen LogP contribution is -2.38. The number of anilines is 1. The number of rotatable bonds is 6. The average molecular weight is 288 g/mol. The number of carbonyl (C=O) groups is 2. The Balaban J connectivity index is 2.22. The molecule has 1 aromatic heterocycles. The Morgan fingerprint density at radius 1 is 1.33 bits per heavy atom. The molecule has 0 bridgehead atoms. The average Bonchev–Trinajstić information content (AvgIpc) is 3.01. The van der Waals surface area contributed by atoms with E-state index in [0.29, 0.717) is 5.69 Å². The van der Waals surface area contributed by atoms with Gasteiger partial charge in [0.05, 0.1) is 6.42 Å². The highest BCUT2D eigenvalue weighted by Crippen LogP contribution is 2.18. The van der Waals surface area contributed by atoms with Crippen LogP contribution in [0.2, 0.25) is 0 Å². The summed E-state index contributed by atoms with van der Waals surface area (Å²) in [7, 11) is 0. The van der Waals surface area contributed by atoms with Gasteiger partial charge in [-0.3, -0.25) is 9.59 Å². The van der Waals surface area contributed by atoms with Crippen LogP contribution in [0.5, 0.6) is 0 Å². The van der Waals surface area contributed by atoms with Crippen molar-refractivity contribution in [3.8, 4) is 0 Å². The topological polar surface area (TPSA) is 88.3 Å². The normalized spacial score (nSPS) is 11.9. The van der Waals surface area contributed by atoms with Gasteiger partial charge in [0.2, 0.25) is 0 Å². The fourth-order valence-corrected chi connectivity index (χ4v) is 1.94. The highest BCUT2D eigenvalue weighted by Gasteiger charge is 2.24. The summed E-state index contributed by atoms with van der Waals surface area (Å²) in [4.78, 5) is 28.7. The van der Waals surface area contributed by atoms with Crippen LogP contribution in [0.1, 0.15) is 19.4 Å². The Labute approximate surface area is 121 Å². The minimum absolute atomic E-state index is 0.108. The van der Waals surface area contributed by atoms with E-state index in [1.165, 1.54) is 22.2 Å². The summed E-state index contributed by atoms with van der Waals surface area (Å²) in [5.41, 5.74) is 0.663. The summed E-state index contributed by atoms with van der Waals surface area (Å²) < 4.78 is 1.44. The van der Waals surface area contributed by atoms with E-state index in [9.17, 15) is 9.59 Å². The van der Waals surface area contributed by atoms with Gasteiger partial charge in [0.25, 0.3) is 5.91 Å². The maximum Gasteiger partial charge on any atom is 0.305 e. The first-order chi connectivity index (χ1) is 10.1. The van der Waals surface area contributed by atoms with Gasteiger partial charge < -0.3 is 10.0 Å². The molecule has 1 amide bonds. The zero-order chi connectivity index (χ0) is 15.2. The first kappa shape index (κ1) is 14.7. The Morgan fingerprint density at radius 3 is 2.62 bits per heavy atom. The number of aromatic nitrogens is 3. The van der Waals surface area contributed by atoms with Crippen molar-refractivity contribution in [2.75, 3.05) is 11.4 Å². The van der Waals surface area contributed by atoms with Crippen LogP contribution in [0.4, 0.5) is 5.69 Å². The van der Waals surface area contributed by atoms with E-state index in [-0.39, 0.29) is 18.9 Å². The molecule has 0 saturated heterocycles. The maximum absolute atomic E-state index is 12.6. The number of amides is 1. The van der Waals surface area contributed by atoms with Gasteiger partial charge in [-0.25, -0.2) is 9.67 Å². The van der Waals surface area contributed by atoms with E-state index >= 15 is 0 Å². The van der Waals surface area contributed by atoms with E-state index in [1.54, 1.807) is 31.2 Å². The minimum atomic E-state index is -0.947. The predicted octanol–water partition coefficient (Wildman–Crippen LogP) is 1.35. The predicted molar refractivity (Wildman–Crippen MR) is 75.8 cm³/mol. The molecule has 0 spiro atoms. The van der Waals surface area contributed by atoms with Crippen LogP contribution in [-0.2, 0) is 9.59 Å². The van der Waals surface area contributed by atoms with Crippen molar-refractivity contribution in [3.05, 3.63) is 43.0 Å². The summed E-state index contributed by atoms with van der Waals surface area (Å²) in [6.07, 6.45) is 2.70. The highest BCUT2D eigenvalue weighted by atomic mass is 16.4. The molecular formula is C14H16N4O3. The fourth-order valence-electron chi connectivity index (χ4n) is 1.94. The van der Waals surface area contributed by atoms with Crippen molar-refractivity contribution >= 4 is 17.6 Å². The van der Waals surface area contributed by atoms with E-state index < -0.39 is 12.0 Å². The standard InChI is InChI=1S/C14H16N4O3/c1-11(18-10-15-9-16-18)14(21)17(8-7-13(19)20)12-5-3-2-4-6-12/h2-6,9-11H,7-8H2,1H3,(H,19,20). The number of benzene rings is 1. The fraction of sp³-hybridized carbons (Fsp3) is 0.286. The lowest BCUT2D eigenvalue weighted by atomic mass is 10.2. The second kappa shape index (κ2) is 6.65. The number of para-hydroxylation sites is 1. The molecule has 0 radical (unpaired) electrons. The monoisotopic (exact) mass is 288 g/mol. The molecule has 7 nitrogen and oxygen atoms in total. The summed E-state index contributed by atoms with van der Waals surface area (Å²) in [6, 6.07) is 8.43. The molecule has 0 aliphatic rings. The van der Waals surface area contributed by atoms with Crippen LogP contribution in [0.3, 0.4) is 0 Å². The largest absolute Gasteiger partial charge is 0.481 e. The van der Waals surface area contributed by atoms with Gasteiger partial charge in [0, 0.05) is 12.2 Å². The van der Waals surface area contributed by atoms with Crippen molar-refractivity contribution in [2.24, 2.45) is 0 Å². The number of aliphatic carboxylic acids is 1. The zero-order valence-electron chi connectivity index (χ0n) is 11.6. The van der Waals surface area contributed by atoms with Crippen molar-refractivity contribution in [2.45, 2.75) is 19.4 Å². The summed E-state index contributed by atoms with van der Waals surface area (Å²) in [6.45, 7) is 1.81. The number of hydrogen-bond acceptors (Lipinski definition) is 4. The molecule has 0 saturated carbocycles. The summed E-state index contributed by atoms with van der Waals surface area (Å²) in [5, 5.41) is 12.8. The Morgan fingerprint density at radius 2 is 2.05 bits per heavy atom. The third-order valence-electron chi connectivity index (χ3n) is 3.07. The Bertz CT molecular complexity index is 598. The summed E-state index contributed by atoms with van der Waals surface area (Å²) >= 11 is 0. The van der Waals surface area contributed by atoms with Crippen molar-refractivity contribution < 1.29 is 14.7 Å². The molecule has 1 aromatic carbocycles.